The minimum Gasteiger partial charge on any atom is -0.459 e. The fourth-order valence-electron chi connectivity index (χ4n) is 2.71. The maximum Gasteiger partial charge on any atom is 0.408 e. The molecule has 1 amide bonds. The second-order valence-corrected chi connectivity index (χ2v) is 7.90. The highest BCUT2D eigenvalue weighted by atomic mass is 17.1. The van der Waals surface area contributed by atoms with E-state index in [1.165, 1.54) is 0 Å². The quantitative estimate of drug-likeness (QED) is 0.367. The third-order valence-electron chi connectivity index (χ3n) is 4.14. The van der Waals surface area contributed by atoms with Gasteiger partial charge in [0.05, 0.1) is 6.61 Å². The molecule has 30 heavy (non-hydrogen) atoms. The molecule has 2 rings (SSSR count). The monoisotopic (exact) mass is 415 g/mol. The van der Waals surface area contributed by atoms with Gasteiger partial charge in [0.1, 0.15) is 18.2 Å². The van der Waals surface area contributed by atoms with Crippen LogP contribution >= 0.6 is 0 Å². The zero-order valence-electron chi connectivity index (χ0n) is 17.6. The first-order valence-corrected chi connectivity index (χ1v) is 9.81. The number of rotatable bonds is 9. The number of benzene rings is 2. The smallest absolute Gasteiger partial charge is 0.408 e. The Kier molecular flexibility index (Phi) is 8.83. The first-order valence-electron chi connectivity index (χ1n) is 9.81. The Balaban J connectivity index is 2.05. The lowest BCUT2D eigenvalue weighted by atomic mass is 10.0. The van der Waals surface area contributed by atoms with Crippen molar-refractivity contribution in [1.82, 2.24) is 5.32 Å². The van der Waals surface area contributed by atoms with Crippen LogP contribution in [0.25, 0.3) is 0 Å². The predicted molar refractivity (Wildman–Crippen MR) is 112 cm³/mol. The van der Waals surface area contributed by atoms with Gasteiger partial charge < -0.3 is 14.8 Å². The van der Waals surface area contributed by atoms with E-state index in [2.05, 4.69) is 10.2 Å². The van der Waals surface area contributed by atoms with E-state index in [1.54, 1.807) is 20.8 Å². The van der Waals surface area contributed by atoms with E-state index in [-0.39, 0.29) is 19.6 Å². The van der Waals surface area contributed by atoms with Crippen molar-refractivity contribution >= 4 is 12.1 Å². The summed E-state index contributed by atoms with van der Waals surface area (Å²) in [6, 6.07) is 15.9. The molecule has 0 saturated heterocycles. The number of amides is 1. The summed E-state index contributed by atoms with van der Waals surface area (Å²) in [6.45, 7) is 5.58. The lowest BCUT2D eigenvalue weighted by molar-refractivity contribution is -0.241. The molecule has 162 valence electrons. The van der Waals surface area contributed by atoms with Crippen molar-refractivity contribution in [2.24, 2.45) is 0 Å². The lowest BCUT2D eigenvalue weighted by Crippen LogP contribution is -2.45. The molecule has 7 heteroatoms. The van der Waals surface area contributed by atoms with Crippen LogP contribution in [-0.4, -0.2) is 35.6 Å². The van der Waals surface area contributed by atoms with E-state index in [9.17, 15) is 9.59 Å². The summed E-state index contributed by atoms with van der Waals surface area (Å²) < 4.78 is 10.7. The molecule has 2 N–H and O–H groups in total. The average Bonchev–Trinajstić information content (AvgIpc) is 2.70. The maximum absolute atomic E-state index is 12.7. The van der Waals surface area contributed by atoms with Crippen LogP contribution in [0.1, 0.15) is 37.5 Å². The van der Waals surface area contributed by atoms with Crippen molar-refractivity contribution < 1.29 is 29.2 Å². The summed E-state index contributed by atoms with van der Waals surface area (Å²) in [6.07, 6.45) is 0.139. The van der Waals surface area contributed by atoms with Crippen LogP contribution in [0.3, 0.4) is 0 Å². The van der Waals surface area contributed by atoms with Gasteiger partial charge in [-0.3, -0.25) is 5.26 Å². The van der Waals surface area contributed by atoms with E-state index in [0.29, 0.717) is 6.42 Å². The summed E-state index contributed by atoms with van der Waals surface area (Å²) in [4.78, 5) is 29.0. The van der Waals surface area contributed by atoms with Gasteiger partial charge in [-0.15, -0.1) is 0 Å². The summed E-state index contributed by atoms with van der Waals surface area (Å²) in [5, 5.41) is 11.1. The normalized spacial score (nSPS) is 12.1. The third-order valence-corrected chi connectivity index (χ3v) is 4.14. The van der Waals surface area contributed by atoms with Crippen molar-refractivity contribution in [3.05, 3.63) is 71.3 Å². The molecule has 2 aromatic rings. The Morgan fingerprint density at radius 3 is 2.20 bits per heavy atom. The van der Waals surface area contributed by atoms with Crippen molar-refractivity contribution in [3.8, 4) is 0 Å². The van der Waals surface area contributed by atoms with Gasteiger partial charge in [0.2, 0.25) is 0 Å². The van der Waals surface area contributed by atoms with E-state index in [0.717, 1.165) is 16.7 Å². The highest BCUT2D eigenvalue weighted by molar-refractivity contribution is 5.81. The molecule has 0 aliphatic heterocycles. The molecule has 0 spiro atoms. The van der Waals surface area contributed by atoms with Crippen LogP contribution < -0.4 is 5.32 Å². The van der Waals surface area contributed by atoms with E-state index < -0.39 is 23.7 Å². The Labute approximate surface area is 176 Å². The van der Waals surface area contributed by atoms with Gasteiger partial charge >= 0.3 is 12.1 Å². The summed E-state index contributed by atoms with van der Waals surface area (Å²) in [7, 11) is 0. The number of hydrogen-bond donors (Lipinski definition) is 2. The summed E-state index contributed by atoms with van der Waals surface area (Å²) in [5.41, 5.74) is 2.01. The Bertz CT molecular complexity index is 799. The van der Waals surface area contributed by atoms with Gasteiger partial charge in [-0.05, 0) is 43.9 Å². The van der Waals surface area contributed by atoms with Crippen LogP contribution in [0, 0.1) is 0 Å². The van der Waals surface area contributed by atoms with Crippen LogP contribution in [0.4, 0.5) is 4.79 Å². The molecule has 1 atom stereocenters. The number of carbonyl (C=O) groups is 2. The molecule has 0 aromatic heterocycles. The largest absolute Gasteiger partial charge is 0.459 e. The van der Waals surface area contributed by atoms with Crippen LogP contribution in [0.15, 0.2) is 54.6 Å². The van der Waals surface area contributed by atoms with E-state index in [4.69, 9.17) is 14.7 Å². The molecule has 0 fully saturated rings. The molecule has 0 aliphatic rings. The van der Waals surface area contributed by atoms with E-state index in [1.807, 2.05) is 54.6 Å². The lowest BCUT2D eigenvalue weighted by Gasteiger charge is -2.23. The zero-order chi connectivity index (χ0) is 22.0. The number of ether oxygens (including phenoxy) is 2. The first-order chi connectivity index (χ1) is 14.3. The Morgan fingerprint density at radius 1 is 0.967 bits per heavy atom. The molecule has 0 bridgehead atoms. The van der Waals surface area contributed by atoms with Gasteiger partial charge in [-0.25, -0.2) is 14.5 Å². The molecular weight excluding hydrogens is 386 g/mol. The predicted octanol–water partition coefficient (Wildman–Crippen LogP) is 3.90. The second-order valence-electron chi connectivity index (χ2n) is 7.90. The molecule has 0 aliphatic carbocycles. The topological polar surface area (TPSA) is 94.1 Å². The van der Waals surface area contributed by atoms with Crippen LogP contribution in [0.5, 0.6) is 0 Å². The SMILES string of the molecule is CC(C)(C)OC(=O)N[C@@H](Cc1ccc(CCOO)cc1)C(=O)OCc1ccccc1. The summed E-state index contributed by atoms with van der Waals surface area (Å²) >= 11 is 0. The summed E-state index contributed by atoms with van der Waals surface area (Å²) in [5.74, 6) is -0.539. The zero-order valence-corrected chi connectivity index (χ0v) is 17.6. The molecule has 0 heterocycles. The molecule has 7 nitrogen and oxygen atoms in total. The highest BCUT2D eigenvalue weighted by Crippen LogP contribution is 2.12. The van der Waals surface area contributed by atoms with Crippen molar-refractivity contribution in [1.29, 1.82) is 0 Å². The number of carbonyl (C=O) groups excluding carboxylic acids is 2. The number of nitrogens with one attached hydrogen (secondary N) is 1. The number of esters is 1. The third kappa shape index (κ3) is 8.63. The molecule has 0 radical (unpaired) electrons. The van der Waals surface area contributed by atoms with Gasteiger partial charge in [0.15, 0.2) is 0 Å². The first kappa shape index (κ1) is 23.4. The van der Waals surface area contributed by atoms with Crippen molar-refractivity contribution in [3.63, 3.8) is 0 Å². The number of hydrogen-bond acceptors (Lipinski definition) is 6. The molecular formula is C23H29NO6. The van der Waals surface area contributed by atoms with Gasteiger partial charge in [0, 0.05) is 6.42 Å². The molecule has 0 saturated carbocycles. The minimum absolute atomic E-state index is 0.117. The molecule has 2 aromatic carbocycles. The highest BCUT2D eigenvalue weighted by Gasteiger charge is 2.26. The number of alkyl carbamates (subject to hydrolysis) is 1. The van der Waals surface area contributed by atoms with E-state index >= 15 is 0 Å². The average molecular weight is 415 g/mol. The maximum atomic E-state index is 12.7. The standard InChI is InChI=1S/C23H29NO6/c1-23(2,3)30-22(26)24-20(21(25)28-16-19-7-5-4-6-8-19)15-18-11-9-17(10-12-18)13-14-29-27/h4-12,20,27H,13-16H2,1-3H3,(H,24,26)/t20-/m0/s1. The fraction of sp³-hybridized carbons (Fsp3) is 0.391. The minimum atomic E-state index is -0.893. The Morgan fingerprint density at radius 2 is 1.60 bits per heavy atom. The van der Waals surface area contributed by atoms with Crippen molar-refractivity contribution in [2.45, 2.75) is 51.9 Å². The van der Waals surface area contributed by atoms with Gasteiger partial charge in [0.25, 0.3) is 0 Å². The van der Waals surface area contributed by atoms with Crippen molar-refractivity contribution in [2.75, 3.05) is 6.61 Å². The fourth-order valence-corrected chi connectivity index (χ4v) is 2.71. The van der Waals surface area contributed by atoms with Gasteiger partial charge in [-0.1, -0.05) is 54.6 Å². The second kappa shape index (κ2) is 11.3. The van der Waals surface area contributed by atoms with Gasteiger partial charge in [-0.2, -0.15) is 0 Å². The van der Waals surface area contributed by atoms with Crippen LogP contribution in [0.2, 0.25) is 0 Å². The Hall–Kier alpha value is -2.90. The van der Waals surface area contributed by atoms with Crippen LogP contribution in [-0.2, 0) is 38.6 Å². The molecule has 0 unspecified atom stereocenters.